The Kier molecular flexibility index (Phi) is 6.19. The number of carbonyl (C=O) groups is 1. The third-order valence-electron chi connectivity index (χ3n) is 3.28. The maximum absolute atomic E-state index is 12.0. The monoisotopic (exact) mass is 263 g/mol. The molecule has 0 spiro atoms. The van der Waals surface area contributed by atoms with Crippen molar-refractivity contribution < 1.29 is 9.53 Å². The van der Waals surface area contributed by atoms with Crippen LogP contribution in [0.1, 0.15) is 6.42 Å². The summed E-state index contributed by atoms with van der Waals surface area (Å²) in [6, 6.07) is 0.209. The van der Waals surface area contributed by atoms with Gasteiger partial charge in [0.2, 0.25) is 5.91 Å². The molecule has 100 valence electrons. The summed E-state index contributed by atoms with van der Waals surface area (Å²) < 4.78 is 5.35. The van der Waals surface area contributed by atoms with Crippen molar-refractivity contribution in [3.05, 3.63) is 0 Å². The molecule has 2 aliphatic heterocycles. The molecule has 0 aromatic carbocycles. The highest BCUT2D eigenvalue weighted by Gasteiger charge is 2.23. The minimum absolute atomic E-state index is 0. The summed E-state index contributed by atoms with van der Waals surface area (Å²) in [5.41, 5.74) is 0. The van der Waals surface area contributed by atoms with E-state index in [1.165, 1.54) is 0 Å². The molecule has 1 unspecified atom stereocenters. The molecule has 0 bridgehead atoms. The van der Waals surface area contributed by atoms with E-state index in [9.17, 15) is 4.79 Å². The van der Waals surface area contributed by atoms with Crippen molar-refractivity contribution in [3.8, 4) is 0 Å². The topological polar surface area (TPSA) is 44.8 Å². The highest BCUT2D eigenvalue weighted by Crippen LogP contribution is 2.05. The van der Waals surface area contributed by atoms with Gasteiger partial charge in [0.1, 0.15) is 0 Å². The number of likely N-dealkylation sites (N-methyl/N-ethyl adjacent to an activating group) is 1. The second-order valence-corrected chi connectivity index (χ2v) is 4.61. The maximum atomic E-state index is 12.0. The van der Waals surface area contributed by atoms with Gasteiger partial charge in [0.25, 0.3) is 0 Å². The van der Waals surface area contributed by atoms with E-state index in [0.717, 1.165) is 39.3 Å². The van der Waals surface area contributed by atoms with Crippen molar-refractivity contribution >= 4 is 18.3 Å². The Morgan fingerprint density at radius 3 is 2.65 bits per heavy atom. The molecule has 2 rings (SSSR count). The average molecular weight is 264 g/mol. The quantitative estimate of drug-likeness (QED) is 0.734. The van der Waals surface area contributed by atoms with Crippen LogP contribution in [0, 0.1) is 0 Å². The molecule has 2 heterocycles. The fourth-order valence-electron chi connectivity index (χ4n) is 2.15. The third-order valence-corrected chi connectivity index (χ3v) is 3.28. The van der Waals surface area contributed by atoms with Gasteiger partial charge >= 0.3 is 0 Å². The Hall–Kier alpha value is -0.360. The zero-order valence-electron chi connectivity index (χ0n) is 10.4. The molecule has 1 N–H and O–H groups in total. The molecule has 2 aliphatic rings. The lowest BCUT2D eigenvalue weighted by Crippen LogP contribution is -2.50. The van der Waals surface area contributed by atoms with Crippen LogP contribution in [-0.4, -0.2) is 74.7 Å². The van der Waals surface area contributed by atoms with Crippen LogP contribution in [0.5, 0.6) is 0 Å². The zero-order valence-corrected chi connectivity index (χ0v) is 11.2. The third kappa shape index (κ3) is 4.43. The van der Waals surface area contributed by atoms with Crippen molar-refractivity contribution in [2.45, 2.75) is 12.5 Å². The molecule has 17 heavy (non-hydrogen) atoms. The lowest BCUT2D eigenvalue weighted by Gasteiger charge is -2.34. The second kappa shape index (κ2) is 7.16. The molecule has 0 aromatic rings. The highest BCUT2D eigenvalue weighted by atomic mass is 35.5. The Bertz CT molecular complexity index is 239. The number of piperazine rings is 1. The number of hydrogen-bond acceptors (Lipinski definition) is 4. The van der Waals surface area contributed by atoms with Gasteiger partial charge in [-0.3, -0.25) is 4.79 Å². The zero-order chi connectivity index (χ0) is 11.4. The van der Waals surface area contributed by atoms with Crippen molar-refractivity contribution in [2.75, 3.05) is 53.0 Å². The summed E-state index contributed by atoms with van der Waals surface area (Å²) in [4.78, 5) is 16.2. The van der Waals surface area contributed by atoms with E-state index in [1.807, 2.05) is 4.90 Å². The van der Waals surface area contributed by atoms with Gasteiger partial charge in [-0.05, 0) is 7.05 Å². The summed E-state index contributed by atoms with van der Waals surface area (Å²) in [5, 5.41) is 3.31. The first-order chi connectivity index (χ1) is 7.75. The molecule has 0 aromatic heterocycles. The number of hydrogen-bond donors (Lipinski definition) is 1. The van der Waals surface area contributed by atoms with Crippen LogP contribution in [0.4, 0.5) is 0 Å². The molecule has 2 saturated heterocycles. The van der Waals surface area contributed by atoms with Crippen LogP contribution in [0.15, 0.2) is 0 Å². The lowest BCUT2D eigenvalue weighted by molar-refractivity contribution is -0.134. The largest absolute Gasteiger partial charge is 0.378 e. The van der Waals surface area contributed by atoms with E-state index in [-0.39, 0.29) is 24.4 Å². The first kappa shape index (κ1) is 14.7. The van der Waals surface area contributed by atoms with Gasteiger partial charge < -0.3 is 19.9 Å². The van der Waals surface area contributed by atoms with E-state index in [4.69, 9.17) is 4.74 Å². The number of amides is 1. The number of rotatable bonds is 2. The summed E-state index contributed by atoms with van der Waals surface area (Å²) >= 11 is 0. The van der Waals surface area contributed by atoms with Gasteiger partial charge in [0.15, 0.2) is 0 Å². The normalized spacial score (nSPS) is 26.4. The van der Waals surface area contributed by atoms with Crippen LogP contribution in [0.2, 0.25) is 0 Å². The number of ether oxygens (including phenoxy) is 1. The van der Waals surface area contributed by atoms with Gasteiger partial charge in [-0.2, -0.15) is 0 Å². The first-order valence-corrected chi connectivity index (χ1v) is 6.03. The number of morpholine rings is 1. The molecule has 6 heteroatoms. The van der Waals surface area contributed by atoms with Gasteiger partial charge in [0, 0.05) is 45.2 Å². The molecule has 1 atom stereocenters. The van der Waals surface area contributed by atoms with Crippen LogP contribution in [-0.2, 0) is 9.53 Å². The number of carbonyl (C=O) groups excluding carboxylic acids is 1. The maximum Gasteiger partial charge on any atom is 0.224 e. The van der Waals surface area contributed by atoms with E-state index in [0.29, 0.717) is 13.0 Å². The van der Waals surface area contributed by atoms with Crippen LogP contribution in [0.25, 0.3) is 0 Å². The Labute approximate surface area is 109 Å². The summed E-state index contributed by atoms with van der Waals surface area (Å²) in [6.07, 6.45) is 0.573. The molecule has 5 nitrogen and oxygen atoms in total. The smallest absolute Gasteiger partial charge is 0.224 e. The van der Waals surface area contributed by atoms with Gasteiger partial charge in [-0.1, -0.05) is 0 Å². The van der Waals surface area contributed by atoms with E-state index in [1.54, 1.807) is 0 Å². The molecular weight excluding hydrogens is 242 g/mol. The van der Waals surface area contributed by atoms with Gasteiger partial charge in [-0.15, -0.1) is 12.4 Å². The number of nitrogens with one attached hydrogen (secondary N) is 1. The second-order valence-electron chi connectivity index (χ2n) is 4.61. The van der Waals surface area contributed by atoms with Crippen LogP contribution < -0.4 is 5.32 Å². The minimum atomic E-state index is 0. The standard InChI is InChI=1S/C11H21N3O2.ClH/c1-13-3-5-14(6-4-13)11(15)8-10-9-16-7-2-12-10;/h10,12H,2-9H2,1H3;1H. The number of nitrogens with zero attached hydrogens (tertiary/aromatic N) is 2. The van der Waals surface area contributed by atoms with E-state index >= 15 is 0 Å². The molecule has 0 saturated carbocycles. The Morgan fingerprint density at radius 2 is 2.06 bits per heavy atom. The summed E-state index contributed by atoms with van der Waals surface area (Å²) in [5.74, 6) is 0.260. The first-order valence-electron chi connectivity index (χ1n) is 6.03. The van der Waals surface area contributed by atoms with Crippen LogP contribution >= 0.6 is 12.4 Å². The Balaban J connectivity index is 0.00000144. The predicted octanol–water partition coefficient (Wildman–Crippen LogP) is -0.439. The van der Waals surface area contributed by atoms with Crippen molar-refractivity contribution in [1.82, 2.24) is 15.1 Å². The van der Waals surface area contributed by atoms with Crippen molar-refractivity contribution in [2.24, 2.45) is 0 Å². The predicted molar refractivity (Wildman–Crippen MR) is 68.6 cm³/mol. The van der Waals surface area contributed by atoms with Gasteiger partial charge in [0.05, 0.1) is 13.2 Å². The van der Waals surface area contributed by atoms with E-state index in [2.05, 4.69) is 17.3 Å². The van der Waals surface area contributed by atoms with E-state index < -0.39 is 0 Å². The Morgan fingerprint density at radius 1 is 1.35 bits per heavy atom. The summed E-state index contributed by atoms with van der Waals surface area (Å²) in [7, 11) is 2.10. The minimum Gasteiger partial charge on any atom is -0.378 e. The lowest BCUT2D eigenvalue weighted by atomic mass is 10.1. The van der Waals surface area contributed by atoms with Gasteiger partial charge in [-0.25, -0.2) is 0 Å². The fraction of sp³-hybridized carbons (Fsp3) is 0.909. The summed E-state index contributed by atoms with van der Waals surface area (Å²) in [6.45, 7) is 5.99. The molecule has 1 amide bonds. The number of halogens is 1. The molecule has 0 radical (unpaired) electrons. The van der Waals surface area contributed by atoms with Crippen molar-refractivity contribution in [3.63, 3.8) is 0 Å². The van der Waals surface area contributed by atoms with Crippen LogP contribution in [0.3, 0.4) is 0 Å². The average Bonchev–Trinajstić information content (AvgIpc) is 2.31. The SMILES string of the molecule is CN1CCN(C(=O)CC2COCCN2)CC1.Cl. The molecule has 2 fully saturated rings. The molecular formula is C11H22ClN3O2. The van der Waals surface area contributed by atoms with Crippen molar-refractivity contribution in [1.29, 1.82) is 0 Å². The highest BCUT2D eigenvalue weighted by molar-refractivity contribution is 5.85. The molecule has 0 aliphatic carbocycles. The fourth-order valence-corrected chi connectivity index (χ4v) is 2.15.